The molecule has 1 heterocycles. The first-order chi connectivity index (χ1) is 18.9. The van der Waals surface area contributed by atoms with Crippen molar-refractivity contribution in [3.63, 3.8) is 0 Å². The number of ether oxygens (including phenoxy) is 2. The van der Waals surface area contributed by atoms with Crippen LogP contribution in [0.2, 0.25) is 10.0 Å². The fraction of sp³-hybridized carbons (Fsp3) is 0.115. The van der Waals surface area contributed by atoms with Crippen LogP contribution < -0.4 is 25.5 Å². The number of nitrogens with zero attached hydrogens (tertiary/aromatic N) is 3. The molecule has 0 spiro atoms. The zero-order valence-electron chi connectivity index (χ0n) is 20.5. The number of carbonyl (C=O) groups is 2. The molecule has 0 atom stereocenters. The summed E-state index contributed by atoms with van der Waals surface area (Å²) in [5.41, 5.74) is 4.54. The molecule has 0 saturated heterocycles. The van der Waals surface area contributed by atoms with Gasteiger partial charge in [0.2, 0.25) is 11.0 Å². The van der Waals surface area contributed by atoms with E-state index in [9.17, 15) is 9.59 Å². The predicted molar refractivity (Wildman–Crippen MR) is 152 cm³/mol. The third-order valence-electron chi connectivity index (χ3n) is 5.02. The molecule has 4 rings (SSSR count). The first-order valence-corrected chi connectivity index (χ1v) is 13.0. The molecule has 3 aromatic carbocycles. The molecule has 0 radical (unpaired) electrons. The molecule has 0 fully saturated rings. The molecule has 0 saturated carbocycles. The largest absolute Gasteiger partial charge is 0.493 e. The van der Waals surface area contributed by atoms with Crippen molar-refractivity contribution in [3.05, 3.63) is 92.9 Å². The number of methoxy groups -OCH3 is 1. The number of anilines is 2. The second-order valence-corrected chi connectivity index (χ2v) is 9.76. The van der Waals surface area contributed by atoms with Crippen molar-refractivity contribution in [2.24, 2.45) is 5.10 Å². The Morgan fingerprint density at radius 2 is 1.82 bits per heavy atom. The van der Waals surface area contributed by atoms with Gasteiger partial charge in [0.1, 0.15) is 11.6 Å². The summed E-state index contributed by atoms with van der Waals surface area (Å²) < 4.78 is 11.3. The van der Waals surface area contributed by atoms with E-state index in [1.165, 1.54) is 13.3 Å². The van der Waals surface area contributed by atoms with Gasteiger partial charge in [-0.3, -0.25) is 10.1 Å². The van der Waals surface area contributed by atoms with Crippen LogP contribution >= 0.6 is 34.5 Å². The SMILES string of the molecule is COc1cc(/C=N/NC(=O)Cc2nnc(NC(=O)Nc3ccccc3)s2)ccc1OCc1ccc(Cl)cc1Cl. The van der Waals surface area contributed by atoms with Crippen molar-refractivity contribution in [1.29, 1.82) is 0 Å². The van der Waals surface area contributed by atoms with Gasteiger partial charge in [0.25, 0.3) is 0 Å². The van der Waals surface area contributed by atoms with E-state index in [1.807, 2.05) is 6.07 Å². The maximum absolute atomic E-state index is 12.3. The van der Waals surface area contributed by atoms with Crippen molar-refractivity contribution in [3.8, 4) is 11.5 Å². The third-order valence-corrected chi connectivity index (χ3v) is 6.45. The molecule has 0 aliphatic rings. The lowest BCUT2D eigenvalue weighted by Crippen LogP contribution is -2.19. The lowest BCUT2D eigenvalue weighted by atomic mass is 10.2. The molecule has 200 valence electrons. The van der Waals surface area contributed by atoms with Crippen LogP contribution in [0.3, 0.4) is 0 Å². The number of amides is 3. The van der Waals surface area contributed by atoms with Crippen LogP contribution in [-0.2, 0) is 17.8 Å². The van der Waals surface area contributed by atoms with Crippen LogP contribution in [0.15, 0.2) is 71.8 Å². The minimum Gasteiger partial charge on any atom is -0.493 e. The first kappa shape index (κ1) is 27.8. The number of nitrogens with one attached hydrogen (secondary N) is 3. The molecule has 1 aromatic heterocycles. The lowest BCUT2D eigenvalue weighted by molar-refractivity contribution is -0.120. The quantitative estimate of drug-likeness (QED) is 0.160. The monoisotopic (exact) mass is 584 g/mol. The van der Waals surface area contributed by atoms with Crippen molar-refractivity contribution in [2.45, 2.75) is 13.0 Å². The molecule has 10 nitrogen and oxygen atoms in total. The van der Waals surface area contributed by atoms with Gasteiger partial charge in [-0.2, -0.15) is 5.10 Å². The third kappa shape index (κ3) is 8.40. The lowest BCUT2D eigenvalue weighted by Gasteiger charge is -2.12. The van der Waals surface area contributed by atoms with E-state index in [1.54, 1.807) is 60.7 Å². The number of rotatable bonds is 10. The predicted octanol–water partition coefficient (Wildman–Crippen LogP) is 5.77. The Balaban J connectivity index is 1.26. The molecule has 3 N–H and O–H groups in total. The normalized spacial score (nSPS) is 10.7. The summed E-state index contributed by atoms with van der Waals surface area (Å²) in [5, 5.41) is 18.8. The number of carbonyl (C=O) groups excluding carboxylic acids is 2. The van der Waals surface area contributed by atoms with E-state index in [2.05, 4.69) is 31.4 Å². The molecule has 0 unspecified atom stereocenters. The highest BCUT2D eigenvalue weighted by Crippen LogP contribution is 2.30. The fourth-order valence-corrected chi connectivity index (χ4v) is 4.39. The number of urea groups is 1. The number of hydrogen-bond acceptors (Lipinski definition) is 8. The van der Waals surface area contributed by atoms with E-state index >= 15 is 0 Å². The number of hydrazone groups is 1. The van der Waals surface area contributed by atoms with E-state index in [0.717, 1.165) is 16.9 Å². The van der Waals surface area contributed by atoms with E-state index in [0.29, 0.717) is 37.8 Å². The molecular weight excluding hydrogens is 563 g/mol. The number of hydrogen-bond donors (Lipinski definition) is 3. The molecule has 3 amide bonds. The van der Waals surface area contributed by atoms with Crippen molar-refractivity contribution < 1.29 is 19.1 Å². The van der Waals surface area contributed by atoms with Crippen LogP contribution in [0, 0.1) is 0 Å². The number of halogens is 2. The summed E-state index contributed by atoms with van der Waals surface area (Å²) in [6, 6.07) is 18.9. The minimum atomic E-state index is -0.460. The van der Waals surface area contributed by atoms with E-state index in [4.69, 9.17) is 32.7 Å². The van der Waals surface area contributed by atoms with Crippen molar-refractivity contribution in [2.75, 3.05) is 17.7 Å². The molecule has 0 bridgehead atoms. The molecule has 4 aromatic rings. The summed E-state index contributed by atoms with van der Waals surface area (Å²) in [6.45, 7) is 0.233. The number of aromatic nitrogens is 2. The van der Waals surface area contributed by atoms with Gasteiger partial charge in [0, 0.05) is 21.3 Å². The fourth-order valence-electron chi connectivity index (χ4n) is 3.19. The van der Waals surface area contributed by atoms with Gasteiger partial charge in [-0.05, 0) is 48.0 Å². The van der Waals surface area contributed by atoms with Crippen LogP contribution in [0.4, 0.5) is 15.6 Å². The second-order valence-electron chi connectivity index (χ2n) is 7.85. The topological polar surface area (TPSA) is 127 Å². The standard InChI is InChI=1S/C26H22Cl2N6O4S/c1-37-22-11-16(7-10-21(22)38-15-17-8-9-18(27)12-20(17)28)14-29-32-23(35)13-24-33-34-26(39-24)31-25(36)30-19-5-3-2-4-6-19/h2-12,14H,13,15H2,1H3,(H,32,35)(H2,30,31,34,36)/b29-14+. The highest BCUT2D eigenvalue weighted by molar-refractivity contribution is 7.15. The summed E-state index contributed by atoms with van der Waals surface area (Å²) in [7, 11) is 1.52. The van der Waals surface area contributed by atoms with Gasteiger partial charge < -0.3 is 14.8 Å². The molecule has 39 heavy (non-hydrogen) atoms. The maximum atomic E-state index is 12.3. The van der Waals surface area contributed by atoms with Gasteiger partial charge in [-0.25, -0.2) is 10.2 Å². The smallest absolute Gasteiger partial charge is 0.325 e. The first-order valence-electron chi connectivity index (χ1n) is 11.4. The van der Waals surface area contributed by atoms with Gasteiger partial charge in [-0.1, -0.05) is 58.8 Å². The number of benzene rings is 3. The molecular formula is C26H22Cl2N6O4S. The summed E-state index contributed by atoms with van der Waals surface area (Å²) in [5.74, 6) is 0.609. The Kier molecular flexibility index (Phi) is 9.68. The van der Waals surface area contributed by atoms with Gasteiger partial charge in [0.05, 0.1) is 19.7 Å². The summed E-state index contributed by atoms with van der Waals surface area (Å²) in [6.07, 6.45) is 1.42. The average molecular weight is 585 g/mol. The van der Waals surface area contributed by atoms with Crippen LogP contribution in [0.1, 0.15) is 16.1 Å². The Morgan fingerprint density at radius 1 is 1.00 bits per heavy atom. The van der Waals surface area contributed by atoms with E-state index < -0.39 is 11.9 Å². The number of para-hydroxylation sites is 1. The summed E-state index contributed by atoms with van der Waals surface area (Å²) in [4.78, 5) is 24.3. The summed E-state index contributed by atoms with van der Waals surface area (Å²) >= 11 is 13.2. The highest BCUT2D eigenvalue weighted by Gasteiger charge is 2.12. The van der Waals surface area contributed by atoms with Crippen LogP contribution in [-0.4, -0.2) is 35.5 Å². The molecule has 0 aliphatic carbocycles. The second kappa shape index (κ2) is 13.6. The zero-order valence-corrected chi connectivity index (χ0v) is 22.8. The van der Waals surface area contributed by atoms with E-state index in [-0.39, 0.29) is 18.2 Å². The molecule has 13 heteroatoms. The minimum absolute atomic E-state index is 0.0552. The van der Waals surface area contributed by atoms with Crippen molar-refractivity contribution in [1.82, 2.24) is 15.6 Å². The van der Waals surface area contributed by atoms with Crippen LogP contribution in [0.5, 0.6) is 11.5 Å². The van der Waals surface area contributed by atoms with Gasteiger partial charge >= 0.3 is 6.03 Å². The highest BCUT2D eigenvalue weighted by atomic mass is 35.5. The maximum Gasteiger partial charge on any atom is 0.325 e. The Hall–Kier alpha value is -4.19. The van der Waals surface area contributed by atoms with Crippen LogP contribution in [0.25, 0.3) is 0 Å². The Bertz CT molecular complexity index is 1480. The average Bonchev–Trinajstić information content (AvgIpc) is 3.35. The molecule has 0 aliphatic heterocycles. The Labute approximate surface area is 238 Å². The van der Waals surface area contributed by atoms with Crippen molar-refractivity contribution >= 4 is 63.5 Å². The zero-order chi connectivity index (χ0) is 27.6. The van der Waals surface area contributed by atoms with Gasteiger partial charge in [-0.15, -0.1) is 10.2 Å². The Morgan fingerprint density at radius 3 is 2.59 bits per heavy atom. The van der Waals surface area contributed by atoms with Gasteiger partial charge in [0.15, 0.2) is 11.5 Å².